The summed E-state index contributed by atoms with van der Waals surface area (Å²) in [5, 5.41) is 0. The molecule has 0 bridgehead atoms. The first-order valence-electron chi connectivity index (χ1n) is 7.69. The average Bonchev–Trinajstić information content (AvgIpc) is 2.46. The first-order valence-corrected chi connectivity index (χ1v) is 7.69. The first kappa shape index (κ1) is 16.0. The summed E-state index contributed by atoms with van der Waals surface area (Å²) < 4.78 is 16.8. The van der Waals surface area contributed by atoms with Crippen LogP contribution in [-0.4, -0.2) is 24.7 Å². The van der Waals surface area contributed by atoms with Crippen molar-refractivity contribution in [1.29, 1.82) is 0 Å². The van der Waals surface area contributed by atoms with Crippen LogP contribution in [0, 0.1) is 0 Å². The molecule has 0 N–H and O–H groups in total. The zero-order valence-corrected chi connectivity index (χ0v) is 12.8. The molecule has 0 radical (unpaired) electrons. The lowest BCUT2D eigenvalue weighted by Crippen LogP contribution is -2.40. The molecule has 1 saturated heterocycles. The van der Waals surface area contributed by atoms with Gasteiger partial charge in [0.25, 0.3) is 0 Å². The van der Waals surface area contributed by atoms with E-state index in [1.165, 1.54) is 12.5 Å². The highest BCUT2D eigenvalue weighted by molar-refractivity contribution is 5.66. The Kier molecular flexibility index (Phi) is 6.21. The Balaban J connectivity index is 1.88. The van der Waals surface area contributed by atoms with Gasteiger partial charge in [0.1, 0.15) is 0 Å². The van der Waals surface area contributed by atoms with Crippen LogP contribution < -0.4 is 0 Å². The van der Waals surface area contributed by atoms with Crippen LogP contribution in [0.25, 0.3) is 0 Å². The second-order valence-corrected chi connectivity index (χ2v) is 5.41. The van der Waals surface area contributed by atoms with Gasteiger partial charge in [-0.3, -0.25) is 4.79 Å². The number of carbonyl (C=O) groups excluding carboxylic acids is 1. The lowest BCUT2D eigenvalue weighted by molar-refractivity contribution is -0.299. The minimum Gasteiger partial charge on any atom is -0.436 e. The molecule has 1 aliphatic rings. The molecule has 116 valence electrons. The van der Waals surface area contributed by atoms with Gasteiger partial charge in [-0.05, 0) is 24.8 Å². The van der Waals surface area contributed by atoms with Gasteiger partial charge in [-0.2, -0.15) is 0 Å². The number of ether oxygens (including phenoxy) is 3. The third-order valence-electron chi connectivity index (χ3n) is 3.52. The molecule has 2 rings (SSSR count). The zero-order valence-electron chi connectivity index (χ0n) is 12.8. The number of carbonyl (C=O) groups is 1. The zero-order chi connectivity index (χ0) is 15.1. The SMILES string of the molecule is CCC[C@H]1O[C@@H](CCc2ccccc2)C[C@@H](OC(C)=O)O1. The molecule has 1 aromatic carbocycles. The lowest BCUT2D eigenvalue weighted by atomic mass is 10.0. The van der Waals surface area contributed by atoms with E-state index in [2.05, 4.69) is 19.1 Å². The molecule has 0 amide bonds. The molecule has 1 aromatic rings. The first-order chi connectivity index (χ1) is 10.2. The van der Waals surface area contributed by atoms with Gasteiger partial charge in [-0.15, -0.1) is 0 Å². The largest absolute Gasteiger partial charge is 0.436 e. The molecule has 0 aliphatic carbocycles. The molecule has 1 heterocycles. The molecule has 4 nitrogen and oxygen atoms in total. The van der Waals surface area contributed by atoms with Crippen molar-refractivity contribution in [3.05, 3.63) is 35.9 Å². The van der Waals surface area contributed by atoms with E-state index in [4.69, 9.17) is 14.2 Å². The van der Waals surface area contributed by atoms with Gasteiger partial charge >= 0.3 is 5.97 Å². The van der Waals surface area contributed by atoms with Gasteiger partial charge < -0.3 is 14.2 Å². The lowest BCUT2D eigenvalue weighted by Gasteiger charge is -2.35. The second-order valence-electron chi connectivity index (χ2n) is 5.41. The maximum atomic E-state index is 11.1. The van der Waals surface area contributed by atoms with Gasteiger partial charge in [0.05, 0.1) is 6.10 Å². The van der Waals surface area contributed by atoms with E-state index < -0.39 is 6.29 Å². The number of esters is 1. The number of aryl methyl sites for hydroxylation is 1. The van der Waals surface area contributed by atoms with Crippen molar-refractivity contribution in [3.8, 4) is 0 Å². The molecule has 21 heavy (non-hydrogen) atoms. The van der Waals surface area contributed by atoms with Gasteiger partial charge in [0, 0.05) is 13.3 Å². The number of rotatable bonds is 6. The topological polar surface area (TPSA) is 44.8 Å². The smallest absolute Gasteiger partial charge is 0.304 e. The summed E-state index contributed by atoms with van der Waals surface area (Å²) >= 11 is 0. The van der Waals surface area contributed by atoms with Crippen molar-refractivity contribution in [2.75, 3.05) is 0 Å². The maximum absolute atomic E-state index is 11.1. The Hall–Kier alpha value is -1.39. The van der Waals surface area contributed by atoms with Gasteiger partial charge in [0.15, 0.2) is 6.29 Å². The number of hydrogen-bond acceptors (Lipinski definition) is 4. The van der Waals surface area contributed by atoms with Crippen LogP contribution in [0.5, 0.6) is 0 Å². The number of benzene rings is 1. The summed E-state index contributed by atoms with van der Waals surface area (Å²) in [5.41, 5.74) is 1.30. The van der Waals surface area contributed by atoms with Crippen molar-refractivity contribution < 1.29 is 19.0 Å². The average molecular weight is 292 g/mol. The van der Waals surface area contributed by atoms with Crippen molar-refractivity contribution in [1.82, 2.24) is 0 Å². The van der Waals surface area contributed by atoms with Crippen molar-refractivity contribution in [2.45, 2.75) is 64.6 Å². The van der Waals surface area contributed by atoms with Crippen molar-refractivity contribution >= 4 is 5.97 Å². The fourth-order valence-electron chi connectivity index (χ4n) is 2.53. The molecular formula is C17H24O4. The molecule has 0 aromatic heterocycles. The molecule has 0 spiro atoms. The second kappa shape index (κ2) is 8.15. The molecule has 4 heteroatoms. The van der Waals surface area contributed by atoms with E-state index in [0.29, 0.717) is 6.42 Å². The Bertz CT molecular complexity index is 432. The number of hydrogen-bond donors (Lipinski definition) is 0. The van der Waals surface area contributed by atoms with E-state index in [1.54, 1.807) is 0 Å². The Labute approximate surface area is 126 Å². The fourth-order valence-corrected chi connectivity index (χ4v) is 2.53. The van der Waals surface area contributed by atoms with E-state index in [0.717, 1.165) is 25.7 Å². The highest BCUT2D eigenvalue weighted by Crippen LogP contribution is 2.25. The third-order valence-corrected chi connectivity index (χ3v) is 3.52. The molecule has 1 aliphatic heterocycles. The molecule has 3 atom stereocenters. The normalized spacial score (nSPS) is 25.5. The van der Waals surface area contributed by atoms with E-state index in [9.17, 15) is 4.79 Å². The minimum absolute atomic E-state index is 0.0693. The summed E-state index contributed by atoms with van der Waals surface area (Å²) in [6.07, 6.45) is 3.58. The van der Waals surface area contributed by atoms with Gasteiger partial charge in [-0.25, -0.2) is 0 Å². The van der Waals surface area contributed by atoms with Crippen LogP contribution in [0.3, 0.4) is 0 Å². The Morgan fingerprint density at radius 1 is 1.24 bits per heavy atom. The predicted octanol–water partition coefficient (Wildman–Crippen LogP) is 3.44. The monoisotopic (exact) mass is 292 g/mol. The minimum atomic E-state index is -0.478. The summed E-state index contributed by atoms with van der Waals surface area (Å²) in [5.74, 6) is -0.307. The summed E-state index contributed by atoms with van der Waals surface area (Å²) in [6.45, 7) is 3.49. The molecule has 0 unspecified atom stereocenters. The summed E-state index contributed by atoms with van der Waals surface area (Å²) in [7, 11) is 0. The molecule has 1 fully saturated rings. The van der Waals surface area contributed by atoms with Crippen LogP contribution in [0.15, 0.2) is 30.3 Å². The highest BCUT2D eigenvalue weighted by Gasteiger charge is 2.31. The van der Waals surface area contributed by atoms with E-state index in [1.807, 2.05) is 18.2 Å². The summed E-state index contributed by atoms with van der Waals surface area (Å²) in [4.78, 5) is 11.1. The highest BCUT2D eigenvalue weighted by atomic mass is 16.8. The maximum Gasteiger partial charge on any atom is 0.304 e. The predicted molar refractivity (Wildman–Crippen MR) is 79.6 cm³/mol. The van der Waals surface area contributed by atoms with Gasteiger partial charge in [-0.1, -0.05) is 43.7 Å². The summed E-state index contributed by atoms with van der Waals surface area (Å²) in [6, 6.07) is 10.3. The van der Waals surface area contributed by atoms with E-state index in [-0.39, 0.29) is 18.4 Å². The molecular weight excluding hydrogens is 268 g/mol. The Morgan fingerprint density at radius 2 is 2.00 bits per heavy atom. The molecule has 0 saturated carbocycles. The van der Waals surface area contributed by atoms with Crippen LogP contribution in [0.4, 0.5) is 0 Å². The van der Waals surface area contributed by atoms with Crippen molar-refractivity contribution in [2.24, 2.45) is 0 Å². The third kappa shape index (κ3) is 5.48. The van der Waals surface area contributed by atoms with Crippen LogP contribution in [0.2, 0.25) is 0 Å². The van der Waals surface area contributed by atoms with Gasteiger partial charge in [0.2, 0.25) is 6.29 Å². The van der Waals surface area contributed by atoms with Crippen LogP contribution >= 0.6 is 0 Å². The Morgan fingerprint density at radius 3 is 2.67 bits per heavy atom. The van der Waals surface area contributed by atoms with Crippen LogP contribution in [0.1, 0.15) is 45.1 Å². The van der Waals surface area contributed by atoms with E-state index >= 15 is 0 Å². The fraction of sp³-hybridized carbons (Fsp3) is 0.588. The van der Waals surface area contributed by atoms with Crippen LogP contribution in [-0.2, 0) is 25.4 Å². The standard InChI is InChI=1S/C17H24O4/c1-3-7-16-20-15(12-17(21-16)19-13(2)18)11-10-14-8-5-4-6-9-14/h4-6,8-9,15-17H,3,7,10-12H2,1-2H3/t15-,16-,17-/m0/s1. The van der Waals surface area contributed by atoms with Crippen molar-refractivity contribution in [3.63, 3.8) is 0 Å². The quantitative estimate of drug-likeness (QED) is 0.753.